The second-order valence-corrected chi connectivity index (χ2v) is 13.1. The molecule has 0 saturated heterocycles. The Morgan fingerprint density at radius 3 is 2.12 bits per heavy atom. The van der Waals surface area contributed by atoms with Gasteiger partial charge in [0.1, 0.15) is 5.82 Å². The number of carbonyl (C=O) groups is 1. The van der Waals surface area contributed by atoms with Crippen LogP contribution in [0.2, 0.25) is 5.04 Å². The number of aromatic nitrogens is 1. The smallest absolute Gasteiger partial charge is 0.337 e. The number of hydrogen-bond acceptors (Lipinski definition) is 5. The predicted octanol–water partition coefficient (Wildman–Crippen LogP) is 3.91. The number of anilines is 2. The van der Waals surface area contributed by atoms with Crippen LogP contribution in [0.4, 0.5) is 11.5 Å². The number of carboxylic acid groups (broad SMARTS) is 1. The Hall–Kier alpha value is -3.42. The zero-order valence-electron chi connectivity index (χ0n) is 19.3. The Kier molecular flexibility index (Phi) is 7.68. The largest absolute Gasteiger partial charge is 0.478 e. The minimum Gasteiger partial charge on any atom is -0.478 e. The van der Waals surface area contributed by atoms with Gasteiger partial charge in [-0.25, -0.2) is 9.78 Å². The summed E-state index contributed by atoms with van der Waals surface area (Å²) in [5.41, 5.74) is 6.26. The first-order valence-corrected chi connectivity index (χ1v) is 12.8. The van der Waals surface area contributed by atoms with Crippen LogP contribution in [0.1, 0.15) is 31.1 Å². The summed E-state index contributed by atoms with van der Waals surface area (Å²) in [7, 11) is -2.56. The quantitative estimate of drug-likeness (QED) is 0.330. The lowest BCUT2D eigenvalue weighted by atomic mass is 10.2. The van der Waals surface area contributed by atoms with E-state index in [0.29, 0.717) is 24.7 Å². The van der Waals surface area contributed by atoms with Crippen LogP contribution in [0.5, 0.6) is 0 Å². The fourth-order valence-corrected chi connectivity index (χ4v) is 8.49. The summed E-state index contributed by atoms with van der Waals surface area (Å²) in [5, 5.41) is 14.5. The maximum Gasteiger partial charge on any atom is 0.337 e. The number of nitrogen functional groups attached to an aromatic ring is 1. The molecule has 3 aromatic rings. The first-order chi connectivity index (χ1) is 15.8. The standard InChI is InChI=1S/C26H31N3O3Si/c1-26(2,3)33(21-12-6-4-7-13-21,22-14-8-5-9-15-22)32-17-11-10-16-28-24-23(27)18-20(19-29-24)25(30)31/h4-15,18-19H,16-17,27H2,1-3H3,(H,28,29)(H,30,31)/b11-10+. The molecule has 0 spiro atoms. The molecule has 0 saturated carbocycles. The number of nitrogens with one attached hydrogen (secondary N) is 1. The molecule has 6 nitrogen and oxygen atoms in total. The number of nitrogens with zero attached hydrogens (tertiary/aromatic N) is 1. The molecule has 0 atom stereocenters. The van der Waals surface area contributed by atoms with Crippen molar-refractivity contribution in [3.05, 3.63) is 90.6 Å². The Bertz CT molecular complexity index is 1060. The van der Waals surface area contributed by atoms with Gasteiger partial charge >= 0.3 is 5.97 Å². The number of carboxylic acids is 1. The molecule has 0 aliphatic heterocycles. The van der Waals surface area contributed by atoms with Crippen molar-refractivity contribution in [3.63, 3.8) is 0 Å². The molecule has 0 aliphatic rings. The van der Waals surface area contributed by atoms with Gasteiger partial charge in [-0.15, -0.1) is 0 Å². The van der Waals surface area contributed by atoms with E-state index in [1.165, 1.54) is 22.6 Å². The minimum absolute atomic E-state index is 0.0623. The highest BCUT2D eigenvalue weighted by atomic mass is 28.4. The molecule has 0 bridgehead atoms. The topological polar surface area (TPSA) is 97.5 Å². The first kappa shape index (κ1) is 24.2. The van der Waals surface area contributed by atoms with E-state index in [4.69, 9.17) is 15.3 Å². The third-order valence-electron chi connectivity index (χ3n) is 5.53. The second kappa shape index (κ2) is 10.5. The number of nitrogens with two attached hydrogens (primary N) is 1. The summed E-state index contributed by atoms with van der Waals surface area (Å²) in [4.78, 5) is 15.1. The van der Waals surface area contributed by atoms with Crippen LogP contribution in [-0.4, -0.2) is 37.5 Å². The van der Waals surface area contributed by atoms with Crippen LogP contribution in [-0.2, 0) is 4.43 Å². The summed E-state index contributed by atoms with van der Waals surface area (Å²) >= 11 is 0. The van der Waals surface area contributed by atoms with Gasteiger partial charge in [-0.1, -0.05) is 93.6 Å². The average molecular weight is 462 g/mol. The van der Waals surface area contributed by atoms with Gasteiger partial charge in [0.05, 0.1) is 17.9 Å². The van der Waals surface area contributed by atoms with Crippen molar-refractivity contribution in [2.45, 2.75) is 25.8 Å². The third kappa shape index (κ3) is 5.50. The van der Waals surface area contributed by atoms with Crippen molar-refractivity contribution in [3.8, 4) is 0 Å². The van der Waals surface area contributed by atoms with E-state index in [1.54, 1.807) is 0 Å². The van der Waals surface area contributed by atoms with Crippen LogP contribution in [0.25, 0.3) is 0 Å². The molecular formula is C26H31N3O3Si. The maximum absolute atomic E-state index is 11.0. The van der Waals surface area contributed by atoms with E-state index in [9.17, 15) is 4.79 Å². The first-order valence-electron chi connectivity index (χ1n) is 10.9. The molecule has 0 unspecified atom stereocenters. The van der Waals surface area contributed by atoms with E-state index >= 15 is 0 Å². The Balaban J connectivity index is 1.74. The molecule has 7 heteroatoms. The monoisotopic (exact) mass is 461 g/mol. The van der Waals surface area contributed by atoms with Crippen molar-refractivity contribution in [1.29, 1.82) is 0 Å². The lowest BCUT2D eigenvalue weighted by Gasteiger charge is -2.42. The van der Waals surface area contributed by atoms with Crippen LogP contribution >= 0.6 is 0 Å². The van der Waals surface area contributed by atoms with E-state index in [1.807, 2.05) is 24.3 Å². The molecule has 4 N–H and O–H groups in total. The molecule has 172 valence electrons. The fraction of sp³-hybridized carbons (Fsp3) is 0.231. The number of hydrogen-bond donors (Lipinski definition) is 3. The summed E-state index contributed by atoms with van der Waals surface area (Å²) in [6.07, 6.45) is 5.25. The van der Waals surface area contributed by atoms with Gasteiger partial charge in [0.25, 0.3) is 8.32 Å². The van der Waals surface area contributed by atoms with Gasteiger partial charge in [0.2, 0.25) is 0 Å². The van der Waals surface area contributed by atoms with Crippen LogP contribution < -0.4 is 21.4 Å². The maximum atomic E-state index is 11.0. The molecular weight excluding hydrogens is 430 g/mol. The molecule has 0 radical (unpaired) electrons. The van der Waals surface area contributed by atoms with E-state index in [2.05, 4.69) is 79.6 Å². The average Bonchev–Trinajstić information content (AvgIpc) is 2.79. The minimum atomic E-state index is -2.56. The van der Waals surface area contributed by atoms with Gasteiger partial charge < -0.3 is 20.6 Å². The molecule has 3 rings (SSSR count). The Labute approximate surface area is 196 Å². The highest BCUT2D eigenvalue weighted by molar-refractivity contribution is 6.99. The third-order valence-corrected chi connectivity index (χ3v) is 10.5. The molecule has 0 aliphatic carbocycles. The predicted molar refractivity (Wildman–Crippen MR) is 137 cm³/mol. The summed E-state index contributed by atoms with van der Waals surface area (Å²) < 4.78 is 6.80. The zero-order valence-corrected chi connectivity index (χ0v) is 20.3. The normalized spacial score (nSPS) is 12.1. The van der Waals surface area contributed by atoms with Gasteiger partial charge in [0.15, 0.2) is 0 Å². The SMILES string of the molecule is CC(C)(C)[Si](OC/C=C/CNc1ncc(C(=O)O)cc1N)(c1ccccc1)c1ccccc1. The molecule has 33 heavy (non-hydrogen) atoms. The van der Waals surface area contributed by atoms with Crippen molar-refractivity contribution >= 4 is 36.2 Å². The summed E-state index contributed by atoms with van der Waals surface area (Å²) in [6.45, 7) is 7.71. The van der Waals surface area contributed by atoms with Crippen LogP contribution in [0.15, 0.2) is 85.1 Å². The summed E-state index contributed by atoms with van der Waals surface area (Å²) in [5.74, 6) is -0.598. The van der Waals surface area contributed by atoms with E-state index < -0.39 is 14.3 Å². The number of benzene rings is 2. The Morgan fingerprint density at radius 2 is 1.64 bits per heavy atom. The van der Waals surface area contributed by atoms with Gasteiger partial charge in [0, 0.05) is 12.7 Å². The highest BCUT2D eigenvalue weighted by Gasteiger charge is 2.49. The van der Waals surface area contributed by atoms with Gasteiger partial charge in [-0.05, 0) is 21.5 Å². The number of aromatic carboxylic acids is 1. The van der Waals surface area contributed by atoms with Crippen molar-refractivity contribution in [2.24, 2.45) is 0 Å². The highest BCUT2D eigenvalue weighted by Crippen LogP contribution is 2.36. The molecule has 0 fully saturated rings. The van der Waals surface area contributed by atoms with Crippen LogP contribution in [0.3, 0.4) is 0 Å². The lowest BCUT2D eigenvalue weighted by molar-refractivity contribution is 0.0696. The van der Waals surface area contributed by atoms with Gasteiger partial charge in [-0.2, -0.15) is 0 Å². The fourth-order valence-electron chi connectivity index (χ4n) is 3.99. The molecule has 0 amide bonds. The van der Waals surface area contributed by atoms with E-state index in [0.717, 1.165) is 0 Å². The van der Waals surface area contributed by atoms with Crippen molar-refractivity contribution in [1.82, 2.24) is 4.98 Å². The number of rotatable bonds is 9. The zero-order chi connectivity index (χ0) is 23.9. The second-order valence-electron chi connectivity index (χ2n) is 8.79. The molecule has 1 heterocycles. The van der Waals surface area contributed by atoms with Crippen LogP contribution in [0, 0.1) is 0 Å². The molecule has 1 aromatic heterocycles. The Morgan fingerprint density at radius 1 is 1.06 bits per heavy atom. The summed E-state index contributed by atoms with van der Waals surface area (Å²) in [6, 6.07) is 22.4. The van der Waals surface area contributed by atoms with E-state index in [-0.39, 0.29) is 10.6 Å². The molecule has 2 aromatic carbocycles. The van der Waals surface area contributed by atoms with Crippen molar-refractivity contribution in [2.75, 3.05) is 24.2 Å². The lowest BCUT2D eigenvalue weighted by Crippen LogP contribution is -2.66. The van der Waals surface area contributed by atoms with Gasteiger partial charge in [-0.3, -0.25) is 0 Å². The van der Waals surface area contributed by atoms with Crippen molar-refractivity contribution < 1.29 is 14.3 Å². The number of pyridine rings is 1.